The van der Waals surface area contributed by atoms with Gasteiger partial charge in [0.1, 0.15) is 5.82 Å². The van der Waals surface area contributed by atoms with Gasteiger partial charge in [-0.15, -0.1) is 5.10 Å². The van der Waals surface area contributed by atoms with Crippen LogP contribution in [0.5, 0.6) is 0 Å². The number of hydrogen-bond acceptors (Lipinski definition) is 8. The molecule has 5 rings (SSSR count). The predicted molar refractivity (Wildman–Crippen MR) is 116 cm³/mol. The van der Waals surface area contributed by atoms with E-state index in [9.17, 15) is 4.79 Å². The maximum Gasteiger partial charge on any atom is 0.283 e. The van der Waals surface area contributed by atoms with Crippen LogP contribution in [0.3, 0.4) is 0 Å². The lowest BCUT2D eigenvalue weighted by molar-refractivity contribution is 0.122. The third-order valence-electron chi connectivity index (χ3n) is 5.17. The lowest BCUT2D eigenvalue weighted by Crippen LogP contribution is -2.36. The SMILES string of the molecule is CC1=Nc2ccc(C)cc2C1=Cc1c(N)n2nc(N3CCOCC3)sc2nc1=O. The lowest BCUT2D eigenvalue weighted by Gasteiger charge is -2.25. The van der Waals surface area contributed by atoms with Crippen molar-refractivity contribution in [3.05, 3.63) is 45.2 Å². The maximum atomic E-state index is 12.8. The third kappa shape index (κ3) is 3.02. The minimum atomic E-state index is -0.360. The fraction of sp³-hybridized carbons (Fsp3) is 0.300. The molecule has 0 amide bonds. The molecule has 9 heteroatoms. The van der Waals surface area contributed by atoms with Crippen LogP contribution >= 0.6 is 11.3 Å². The molecule has 0 saturated carbocycles. The highest BCUT2D eigenvalue weighted by Crippen LogP contribution is 2.36. The van der Waals surface area contributed by atoms with Crippen LogP contribution in [-0.4, -0.2) is 46.6 Å². The van der Waals surface area contributed by atoms with E-state index in [-0.39, 0.29) is 11.4 Å². The van der Waals surface area contributed by atoms with Crippen LogP contribution in [-0.2, 0) is 4.74 Å². The van der Waals surface area contributed by atoms with Crippen molar-refractivity contribution < 1.29 is 4.74 Å². The summed E-state index contributed by atoms with van der Waals surface area (Å²) in [5.74, 6) is 0.289. The lowest BCUT2D eigenvalue weighted by atomic mass is 9.99. The van der Waals surface area contributed by atoms with Gasteiger partial charge in [-0.25, -0.2) is 0 Å². The molecule has 1 fully saturated rings. The Labute approximate surface area is 171 Å². The third-order valence-corrected chi connectivity index (χ3v) is 6.14. The van der Waals surface area contributed by atoms with E-state index in [0.29, 0.717) is 23.7 Å². The van der Waals surface area contributed by atoms with Crippen molar-refractivity contribution in [1.29, 1.82) is 0 Å². The summed E-state index contributed by atoms with van der Waals surface area (Å²) in [5, 5.41) is 5.40. The van der Waals surface area contributed by atoms with Crippen molar-refractivity contribution in [3.63, 3.8) is 0 Å². The molecule has 2 aliphatic heterocycles. The second-order valence-corrected chi connectivity index (χ2v) is 8.10. The van der Waals surface area contributed by atoms with Gasteiger partial charge < -0.3 is 15.4 Å². The van der Waals surface area contributed by atoms with Gasteiger partial charge in [-0.1, -0.05) is 23.0 Å². The topological polar surface area (TPSA) is 98.1 Å². The normalized spacial score (nSPS) is 17.8. The van der Waals surface area contributed by atoms with Gasteiger partial charge in [0.15, 0.2) is 0 Å². The standard InChI is InChI=1S/C20H20N6O2S/c1-11-3-4-16-14(9-11)13(12(2)22-16)10-15-17(21)26-19(23-18(15)27)29-20(24-26)25-5-7-28-8-6-25/h3-4,9-10H,5-8,21H2,1-2H3. The van der Waals surface area contributed by atoms with Gasteiger partial charge in [0.05, 0.1) is 24.5 Å². The van der Waals surface area contributed by atoms with Crippen molar-refractivity contribution >= 4 is 50.3 Å². The van der Waals surface area contributed by atoms with Gasteiger partial charge in [0.25, 0.3) is 5.56 Å². The summed E-state index contributed by atoms with van der Waals surface area (Å²) in [4.78, 5) is 24.2. The van der Waals surface area contributed by atoms with Crippen molar-refractivity contribution in [2.24, 2.45) is 4.99 Å². The number of benzene rings is 1. The molecule has 4 heterocycles. The number of ether oxygens (including phenoxy) is 1. The summed E-state index contributed by atoms with van der Waals surface area (Å²) >= 11 is 1.36. The van der Waals surface area contributed by atoms with Crippen molar-refractivity contribution in [3.8, 4) is 0 Å². The van der Waals surface area contributed by atoms with E-state index >= 15 is 0 Å². The Kier molecular flexibility index (Phi) is 4.21. The van der Waals surface area contributed by atoms with E-state index in [1.54, 1.807) is 10.6 Å². The van der Waals surface area contributed by atoms with Gasteiger partial charge in [-0.2, -0.15) is 9.50 Å². The number of rotatable bonds is 2. The van der Waals surface area contributed by atoms with Crippen molar-refractivity contribution in [2.45, 2.75) is 13.8 Å². The average molecular weight is 408 g/mol. The second-order valence-electron chi connectivity index (χ2n) is 7.17. The summed E-state index contributed by atoms with van der Waals surface area (Å²) in [6, 6.07) is 6.08. The van der Waals surface area contributed by atoms with Gasteiger partial charge in [-0.05, 0) is 32.1 Å². The smallest absolute Gasteiger partial charge is 0.283 e. The van der Waals surface area contributed by atoms with Crippen molar-refractivity contribution in [2.75, 3.05) is 36.9 Å². The molecule has 0 atom stereocenters. The summed E-state index contributed by atoms with van der Waals surface area (Å²) in [6.07, 6.45) is 1.79. The first-order chi connectivity index (χ1) is 14.0. The summed E-state index contributed by atoms with van der Waals surface area (Å²) in [6.45, 7) is 6.79. The number of fused-ring (bicyclic) bond motifs is 2. The van der Waals surface area contributed by atoms with Crippen LogP contribution in [0.15, 0.2) is 28.0 Å². The highest BCUT2D eigenvalue weighted by molar-refractivity contribution is 7.20. The molecule has 1 aromatic carbocycles. The van der Waals surface area contributed by atoms with Crippen LogP contribution < -0.4 is 16.2 Å². The zero-order valence-corrected chi connectivity index (χ0v) is 17.0. The Morgan fingerprint density at radius 1 is 1.24 bits per heavy atom. The van der Waals surface area contributed by atoms with Crippen LogP contribution in [0.4, 0.5) is 16.6 Å². The van der Waals surface area contributed by atoms with Gasteiger partial charge in [0, 0.05) is 29.9 Å². The number of aliphatic imine (C=N–C) groups is 1. The zero-order valence-electron chi connectivity index (χ0n) is 16.2. The molecule has 0 aliphatic carbocycles. The quantitative estimate of drug-likeness (QED) is 0.700. The summed E-state index contributed by atoms with van der Waals surface area (Å²) < 4.78 is 6.96. The summed E-state index contributed by atoms with van der Waals surface area (Å²) in [7, 11) is 0. The fourth-order valence-corrected chi connectivity index (χ4v) is 4.57. The first-order valence-electron chi connectivity index (χ1n) is 9.42. The minimum absolute atomic E-state index is 0.289. The molecular formula is C20H20N6O2S. The second kappa shape index (κ2) is 6.78. The molecule has 0 unspecified atom stereocenters. The zero-order chi connectivity index (χ0) is 20.1. The number of anilines is 2. The molecule has 8 nitrogen and oxygen atoms in total. The van der Waals surface area contributed by atoms with Crippen LogP contribution in [0.25, 0.3) is 16.6 Å². The summed E-state index contributed by atoms with van der Waals surface area (Å²) in [5.41, 5.74) is 11.1. The molecule has 0 radical (unpaired) electrons. The molecule has 2 aromatic heterocycles. The number of nitrogens with two attached hydrogens (primary N) is 1. The largest absolute Gasteiger partial charge is 0.383 e. The Morgan fingerprint density at radius 2 is 2.03 bits per heavy atom. The molecule has 148 valence electrons. The van der Waals surface area contributed by atoms with Crippen LogP contribution in [0, 0.1) is 6.92 Å². The highest BCUT2D eigenvalue weighted by atomic mass is 32.1. The Hall–Kier alpha value is -3.04. The van der Waals surface area contributed by atoms with Gasteiger partial charge in [-0.3, -0.25) is 9.79 Å². The molecule has 1 saturated heterocycles. The van der Waals surface area contributed by atoms with Crippen molar-refractivity contribution in [1.82, 2.24) is 14.6 Å². The first kappa shape index (κ1) is 18.0. The first-order valence-corrected chi connectivity index (χ1v) is 10.2. The van der Waals surface area contributed by atoms with E-state index < -0.39 is 0 Å². The van der Waals surface area contributed by atoms with Crippen LogP contribution in [0.2, 0.25) is 0 Å². The molecule has 0 bridgehead atoms. The van der Waals surface area contributed by atoms with Gasteiger partial charge in [0.2, 0.25) is 10.1 Å². The number of aryl methyl sites for hydroxylation is 1. The number of hydrogen-bond donors (Lipinski definition) is 1. The van der Waals surface area contributed by atoms with Crippen LogP contribution in [0.1, 0.15) is 23.6 Å². The number of morpholine rings is 1. The molecule has 29 heavy (non-hydrogen) atoms. The minimum Gasteiger partial charge on any atom is -0.383 e. The number of nitrogen functional groups attached to an aromatic ring is 1. The number of allylic oxidation sites excluding steroid dienone is 1. The molecular weight excluding hydrogens is 388 g/mol. The fourth-order valence-electron chi connectivity index (χ4n) is 3.62. The van der Waals surface area contributed by atoms with E-state index in [0.717, 1.165) is 46.3 Å². The molecule has 0 spiro atoms. The Balaban J connectivity index is 1.63. The monoisotopic (exact) mass is 408 g/mol. The maximum absolute atomic E-state index is 12.8. The van der Waals surface area contributed by atoms with E-state index in [2.05, 4.69) is 26.0 Å². The Morgan fingerprint density at radius 3 is 2.83 bits per heavy atom. The highest BCUT2D eigenvalue weighted by Gasteiger charge is 2.22. The number of nitrogens with zero attached hydrogens (tertiary/aromatic N) is 5. The predicted octanol–water partition coefficient (Wildman–Crippen LogP) is 2.52. The Bertz CT molecular complexity index is 1250. The van der Waals surface area contributed by atoms with Gasteiger partial charge >= 0.3 is 0 Å². The average Bonchev–Trinajstić information content (AvgIpc) is 3.27. The van der Waals surface area contributed by atoms with E-state index in [4.69, 9.17) is 10.5 Å². The molecule has 2 N–H and O–H groups in total. The molecule has 3 aromatic rings. The molecule has 2 aliphatic rings. The van der Waals surface area contributed by atoms with E-state index in [1.165, 1.54) is 11.3 Å². The number of aromatic nitrogens is 3. The van der Waals surface area contributed by atoms with E-state index in [1.807, 2.05) is 26.0 Å².